The van der Waals surface area contributed by atoms with Gasteiger partial charge in [-0.3, -0.25) is 0 Å². The number of amides is 1. The minimum Gasteiger partial charge on any atom is -0.444 e. The maximum atomic E-state index is 11.7. The number of hydrogen-bond acceptors (Lipinski definition) is 5. The van der Waals surface area contributed by atoms with E-state index >= 15 is 0 Å². The van der Waals surface area contributed by atoms with Gasteiger partial charge in [-0.2, -0.15) is 0 Å². The monoisotopic (exact) mass is 324 g/mol. The van der Waals surface area contributed by atoms with Crippen LogP contribution in [0.1, 0.15) is 38.1 Å². The molecule has 5 nitrogen and oxygen atoms in total. The Morgan fingerprint density at radius 2 is 2.16 bits per heavy atom. The van der Waals surface area contributed by atoms with Crippen molar-refractivity contribution in [3.05, 3.63) is 14.5 Å². The van der Waals surface area contributed by atoms with Gasteiger partial charge in [-0.15, -0.1) is 11.3 Å². The molecule has 0 fully saturated rings. The second-order valence-electron chi connectivity index (χ2n) is 4.72. The lowest BCUT2D eigenvalue weighted by molar-refractivity contribution is -0.108. The third-order valence-corrected chi connectivity index (χ3v) is 3.60. The van der Waals surface area contributed by atoms with Crippen molar-refractivity contribution in [3.63, 3.8) is 0 Å². The summed E-state index contributed by atoms with van der Waals surface area (Å²) < 4.78 is 5.38. The van der Waals surface area contributed by atoms with E-state index in [-0.39, 0.29) is 16.0 Å². The zero-order valence-corrected chi connectivity index (χ0v) is 13.0. The van der Waals surface area contributed by atoms with Crippen LogP contribution in [-0.4, -0.2) is 23.0 Å². The van der Waals surface area contributed by atoms with Crippen molar-refractivity contribution >= 4 is 46.9 Å². The van der Waals surface area contributed by atoms with Gasteiger partial charge in [0.05, 0.1) is 10.9 Å². The molecule has 0 aliphatic rings. The van der Waals surface area contributed by atoms with Crippen LogP contribution >= 0.6 is 34.5 Å². The molecule has 19 heavy (non-hydrogen) atoms. The number of carbonyl (C=O) groups excluding carboxylic acids is 2. The standard InChI is InChI=1S/C11H14Cl2N2O3S/c1-11(2,3)18-10(17)14-6(4-5-16)7-8(12)15-9(13)19-7/h5-6H,4H2,1-3H3,(H,14,17)/t6-/m1/s1. The summed E-state index contributed by atoms with van der Waals surface area (Å²) in [5, 5.41) is 2.76. The second-order valence-corrected chi connectivity index (χ2v) is 6.69. The molecule has 106 valence electrons. The number of ether oxygens (including phenoxy) is 1. The van der Waals surface area contributed by atoms with E-state index in [9.17, 15) is 9.59 Å². The third-order valence-electron chi connectivity index (χ3n) is 1.92. The van der Waals surface area contributed by atoms with Gasteiger partial charge >= 0.3 is 6.09 Å². The van der Waals surface area contributed by atoms with Crippen LogP contribution < -0.4 is 5.32 Å². The van der Waals surface area contributed by atoms with Crippen molar-refractivity contribution in [3.8, 4) is 0 Å². The summed E-state index contributed by atoms with van der Waals surface area (Å²) in [5.74, 6) is 0. The van der Waals surface area contributed by atoms with E-state index in [1.54, 1.807) is 20.8 Å². The first-order valence-corrected chi connectivity index (χ1v) is 7.05. The van der Waals surface area contributed by atoms with Crippen LogP contribution in [0.4, 0.5) is 4.79 Å². The van der Waals surface area contributed by atoms with E-state index < -0.39 is 17.7 Å². The zero-order valence-electron chi connectivity index (χ0n) is 10.7. The molecule has 0 bridgehead atoms. The highest BCUT2D eigenvalue weighted by Gasteiger charge is 2.24. The molecule has 1 atom stereocenters. The number of aromatic nitrogens is 1. The topological polar surface area (TPSA) is 68.3 Å². The molecule has 1 rings (SSSR count). The number of carbonyl (C=O) groups is 2. The number of nitrogens with one attached hydrogen (secondary N) is 1. The Morgan fingerprint density at radius 1 is 1.53 bits per heavy atom. The average Bonchev–Trinajstić information content (AvgIpc) is 2.54. The molecule has 0 aliphatic carbocycles. The maximum Gasteiger partial charge on any atom is 0.408 e. The van der Waals surface area contributed by atoms with E-state index in [4.69, 9.17) is 27.9 Å². The minimum atomic E-state index is -0.625. The van der Waals surface area contributed by atoms with Gasteiger partial charge in [0.15, 0.2) is 4.47 Å². The van der Waals surface area contributed by atoms with Crippen LogP contribution in [0.3, 0.4) is 0 Å². The van der Waals surface area contributed by atoms with Gasteiger partial charge in [-0.05, 0) is 20.8 Å². The van der Waals surface area contributed by atoms with Crippen LogP contribution in [0.25, 0.3) is 0 Å². The third kappa shape index (κ3) is 5.34. The van der Waals surface area contributed by atoms with Gasteiger partial charge < -0.3 is 14.8 Å². The van der Waals surface area contributed by atoms with Crippen LogP contribution in [0.2, 0.25) is 9.62 Å². The highest BCUT2D eigenvalue weighted by atomic mass is 35.5. The molecule has 0 aliphatic heterocycles. The summed E-state index contributed by atoms with van der Waals surface area (Å²) in [6, 6.07) is -0.593. The van der Waals surface area contributed by atoms with Crippen LogP contribution in [0.5, 0.6) is 0 Å². The Morgan fingerprint density at radius 3 is 2.58 bits per heavy atom. The maximum absolute atomic E-state index is 11.7. The van der Waals surface area contributed by atoms with E-state index in [0.717, 1.165) is 11.3 Å². The summed E-state index contributed by atoms with van der Waals surface area (Å²) in [4.78, 5) is 26.8. The largest absolute Gasteiger partial charge is 0.444 e. The lowest BCUT2D eigenvalue weighted by atomic mass is 10.2. The molecule has 1 aromatic rings. The molecule has 0 radical (unpaired) electrons. The van der Waals surface area contributed by atoms with Crippen LogP contribution in [0, 0.1) is 0 Å². The van der Waals surface area contributed by atoms with Crippen molar-refractivity contribution in [1.82, 2.24) is 10.3 Å². The first-order valence-electron chi connectivity index (χ1n) is 5.48. The molecular weight excluding hydrogens is 311 g/mol. The van der Waals surface area contributed by atoms with E-state index in [1.165, 1.54) is 0 Å². The Hall–Kier alpha value is -0.850. The van der Waals surface area contributed by atoms with Gasteiger partial charge in [0.2, 0.25) is 0 Å². The fourth-order valence-corrected chi connectivity index (χ4v) is 2.79. The second kappa shape index (κ2) is 6.54. The number of rotatable bonds is 4. The summed E-state index contributed by atoms with van der Waals surface area (Å²) in [6.45, 7) is 5.24. The van der Waals surface area contributed by atoms with Crippen molar-refractivity contribution < 1.29 is 14.3 Å². The number of aldehydes is 1. The molecule has 0 saturated carbocycles. The lowest BCUT2D eigenvalue weighted by Gasteiger charge is -2.22. The molecule has 1 aromatic heterocycles. The average molecular weight is 325 g/mol. The summed E-state index contributed by atoms with van der Waals surface area (Å²) in [6.07, 6.45) is 0.128. The van der Waals surface area contributed by atoms with Gasteiger partial charge in [0, 0.05) is 6.42 Å². The molecule has 0 saturated heterocycles. The van der Waals surface area contributed by atoms with Gasteiger partial charge in [0.1, 0.15) is 17.0 Å². The minimum absolute atomic E-state index is 0.0669. The van der Waals surface area contributed by atoms with Gasteiger partial charge in [-0.25, -0.2) is 9.78 Å². The Bertz CT molecular complexity index is 471. The smallest absolute Gasteiger partial charge is 0.408 e. The highest BCUT2D eigenvalue weighted by molar-refractivity contribution is 7.16. The fourth-order valence-electron chi connectivity index (χ4n) is 1.28. The van der Waals surface area contributed by atoms with E-state index in [1.807, 2.05) is 0 Å². The van der Waals surface area contributed by atoms with Gasteiger partial charge in [-0.1, -0.05) is 23.2 Å². The highest BCUT2D eigenvalue weighted by Crippen LogP contribution is 2.33. The number of alkyl carbamates (subject to hydrolysis) is 1. The molecule has 0 unspecified atom stereocenters. The summed E-state index contributed by atoms with van der Waals surface area (Å²) in [7, 11) is 0. The fraction of sp³-hybridized carbons (Fsp3) is 0.545. The SMILES string of the molecule is CC(C)(C)OC(=O)N[C@H](CC=O)c1sc(Cl)nc1Cl. The first-order chi connectivity index (χ1) is 8.73. The summed E-state index contributed by atoms with van der Waals surface area (Å²) in [5.41, 5.74) is -0.620. The number of thiazole rings is 1. The number of halogens is 2. The van der Waals surface area contributed by atoms with E-state index in [0.29, 0.717) is 11.2 Å². The van der Waals surface area contributed by atoms with E-state index in [2.05, 4.69) is 10.3 Å². The summed E-state index contributed by atoms with van der Waals surface area (Å²) >= 11 is 12.8. The van der Waals surface area contributed by atoms with Crippen molar-refractivity contribution in [2.45, 2.75) is 38.8 Å². The Labute approximate surface area is 125 Å². The molecule has 0 aromatic carbocycles. The molecule has 1 N–H and O–H groups in total. The molecule has 8 heteroatoms. The van der Waals surface area contributed by atoms with Crippen LogP contribution in [0.15, 0.2) is 0 Å². The molecule has 1 amide bonds. The number of nitrogens with zero attached hydrogens (tertiary/aromatic N) is 1. The van der Waals surface area contributed by atoms with Crippen LogP contribution in [-0.2, 0) is 9.53 Å². The normalized spacial score (nSPS) is 12.9. The van der Waals surface area contributed by atoms with Crippen molar-refractivity contribution in [2.24, 2.45) is 0 Å². The van der Waals surface area contributed by atoms with Crippen molar-refractivity contribution in [1.29, 1.82) is 0 Å². The zero-order chi connectivity index (χ0) is 14.6. The Balaban J connectivity index is 2.81. The predicted octanol–water partition coefficient (Wildman–Crippen LogP) is 3.60. The lowest BCUT2D eigenvalue weighted by Crippen LogP contribution is -2.35. The molecule has 0 spiro atoms. The number of hydrogen-bond donors (Lipinski definition) is 1. The quantitative estimate of drug-likeness (QED) is 0.859. The van der Waals surface area contributed by atoms with Crippen molar-refractivity contribution in [2.75, 3.05) is 0 Å². The first kappa shape index (κ1) is 16.2. The molecule has 1 heterocycles. The Kier molecular flexibility index (Phi) is 5.58. The van der Waals surface area contributed by atoms with Gasteiger partial charge in [0.25, 0.3) is 0 Å². The molecular formula is C11H14Cl2N2O3S. The predicted molar refractivity (Wildman–Crippen MR) is 74.9 cm³/mol.